The van der Waals surface area contributed by atoms with E-state index in [1.165, 1.54) is 0 Å². The van der Waals surface area contributed by atoms with Crippen LogP contribution in [0.3, 0.4) is 0 Å². The molecule has 2 rings (SSSR count). The molecular formula is C7H6ClN3S. The van der Waals surface area contributed by atoms with Gasteiger partial charge in [-0.15, -0.1) is 0 Å². The molecule has 0 aliphatic heterocycles. The zero-order valence-electron chi connectivity index (χ0n) is 6.11. The van der Waals surface area contributed by atoms with Crippen molar-refractivity contribution in [2.75, 3.05) is 0 Å². The second-order valence-electron chi connectivity index (χ2n) is 2.33. The average molecular weight is 200 g/mol. The Balaban J connectivity index is 2.67. The van der Waals surface area contributed by atoms with Crippen LogP contribution in [0.25, 0.3) is 5.65 Å². The first-order valence-electron chi connectivity index (χ1n) is 3.41. The second kappa shape index (κ2) is 2.95. The van der Waals surface area contributed by atoms with Crippen LogP contribution in [0, 0.1) is 0 Å². The van der Waals surface area contributed by atoms with Crippen molar-refractivity contribution in [3.63, 3.8) is 0 Å². The predicted molar refractivity (Wildman–Crippen MR) is 50.7 cm³/mol. The molecular weight excluding hydrogens is 194 g/mol. The van der Waals surface area contributed by atoms with Crippen molar-refractivity contribution in [2.45, 2.75) is 5.75 Å². The Morgan fingerprint density at radius 2 is 2.42 bits per heavy atom. The van der Waals surface area contributed by atoms with Crippen molar-refractivity contribution in [2.24, 2.45) is 0 Å². The molecule has 12 heavy (non-hydrogen) atoms. The van der Waals surface area contributed by atoms with Crippen LogP contribution in [0.5, 0.6) is 0 Å². The minimum Gasteiger partial charge on any atom is -0.221 e. The van der Waals surface area contributed by atoms with Crippen LogP contribution >= 0.6 is 24.2 Å². The van der Waals surface area contributed by atoms with Crippen LogP contribution in [-0.2, 0) is 5.75 Å². The molecule has 0 aliphatic carbocycles. The molecule has 2 aromatic rings. The summed E-state index contributed by atoms with van der Waals surface area (Å²) in [5.41, 5.74) is 0.756. The van der Waals surface area contributed by atoms with Crippen LogP contribution in [0.2, 0.25) is 5.02 Å². The first-order valence-corrected chi connectivity index (χ1v) is 4.42. The molecule has 0 bridgehead atoms. The predicted octanol–water partition coefficient (Wildman–Crippen LogP) is 1.81. The number of hydrogen-bond acceptors (Lipinski definition) is 3. The van der Waals surface area contributed by atoms with Gasteiger partial charge in [-0.2, -0.15) is 17.7 Å². The third-order valence-corrected chi connectivity index (χ3v) is 2.00. The average Bonchev–Trinajstić information content (AvgIpc) is 2.46. The van der Waals surface area contributed by atoms with E-state index in [4.69, 9.17) is 11.6 Å². The molecule has 62 valence electrons. The third kappa shape index (κ3) is 1.28. The smallest absolute Gasteiger partial charge is 0.161 e. The molecule has 0 radical (unpaired) electrons. The van der Waals surface area contributed by atoms with Gasteiger partial charge in [0.2, 0.25) is 0 Å². The van der Waals surface area contributed by atoms with Crippen LogP contribution in [0.15, 0.2) is 18.3 Å². The fourth-order valence-electron chi connectivity index (χ4n) is 0.970. The number of pyridine rings is 1. The molecule has 0 saturated carbocycles. The van der Waals surface area contributed by atoms with Gasteiger partial charge in [-0.25, -0.2) is 9.50 Å². The SMILES string of the molecule is SCc1nc2cc(Cl)ccn2n1. The lowest BCUT2D eigenvalue weighted by Gasteiger charge is -1.89. The number of thiol groups is 1. The summed E-state index contributed by atoms with van der Waals surface area (Å²) in [6.45, 7) is 0. The maximum Gasteiger partial charge on any atom is 0.161 e. The summed E-state index contributed by atoms with van der Waals surface area (Å²) in [6.07, 6.45) is 1.78. The molecule has 0 aromatic carbocycles. The van der Waals surface area contributed by atoms with Crippen molar-refractivity contribution in [3.8, 4) is 0 Å². The Hall–Kier alpha value is -0.740. The molecule has 0 N–H and O–H groups in total. The first kappa shape index (κ1) is 7.89. The monoisotopic (exact) mass is 199 g/mol. The van der Waals surface area contributed by atoms with Gasteiger partial charge in [-0.05, 0) is 6.07 Å². The van der Waals surface area contributed by atoms with Crippen molar-refractivity contribution in [1.29, 1.82) is 0 Å². The quantitative estimate of drug-likeness (QED) is 0.711. The molecule has 0 spiro atoms. The highest BCUT2D eigenvalue weighted by Crippen LogP contribution is 2.10. The highest BCUT2D eigenvalue weighted by Gasteiger charge is 2.00. The number of fused-ring (bicyclic) bond motifs is 1. The van der Waals surface area contributed by atoms with Gasteiger partial charge in [0.1, 0.15) is 0 Å². The molecule has 5 heteroatoms. The van der Waals surface area contributed by atoms with Gasteiger partial charge in [0.25, 0.3) is 0 Å². The Bertz CT molecular complexity index is 412. The number of halogens is 1. The number of rotatable bonds is 1. The van der Waals surface area contributed by atoms with Gasteiger partial charge in [-0.1, -0.05) is 11.6 Å². The molecule has 0 unspecified atom stereocenters. The van der Waals surface area contributed by atoms with Gasteiger partial charge >= 0.3 is 0 Å². The number of aromatic nitrogens is 3. The maximum absolute atomic E-state index is 5.77. The summed E-state index contributed by atoms with van der Waals surface area (Å²) in [5, 5.41) is 4.81. The zero-order chi connectivity index (χ0) is 8.55. The second-order valence-corrected chi connectivity index (χ2v) is 3.09. The lowest BCUT2D eigenvalue weighted by Crippen LogP contribution is -1.85. The third-order valence-electron chi connectivity index (χ3n) is 1.48. The van der Waals surface area contributed by atoms with Crippen molar-refractivity contribution < 1.29 is 0 Å². The van der Waals surface area contributed by atoms with E-state index in [1.54, 1.807) is 22.8 Å². The molecule has 2 heterocycles. The Labute approximate surface area is 79.8 Å². The van der Waals surface area contributed by atoms with Crippen molar-refractivity contribution in [1.82, 2.24) is 14.6 Å². The molecule has 0 atom stereocenters. The molecule has 3 nitrogen and oxygen atoms in total. The Morgan fingerprint density at radius 1 is 1.58 bits per heavy atom. The van der Waals surface area contributed by atoms with E-state index in [9.17, 15) is 0 Å². The van der Waals surface area contributed by atoms with Crippen molar-refractivity contribution >= 4 is 29.9 Å². The summed E-state index contributed by atoms with van der Waals surface area (Å²) in [5.74, 6) is 1.25. The number of nitrogens with zero attached hydrogens (tertiary/aromatic N) is 3. The van der Waals surface area contributed by atoms with E-state index < -0.39 is 0 Å². The summed E-state index contributed by atoms with van der Waals surface area (Å²) in [4.78, 5) is 4.18. The zero-order valence-corrected chi connectivity index (χ0v) is 7.76. The van der Waals surface area contributed by atoms with Gasteiger partial charge in [0.05, 0.1) is 5.75 Å². The summed E-state index contributed by atoms with van der Waals surface area (Å²) < 4.78 is 1.68. The highest BCUT2D eigenvalue weighted by molar-refractivity contribution is 7.79. The molecule has 0 aliphatic rings. The molecule has 0 fully saturated rings. The van der Waals surface area contributed by atoms with Crippen LogP contribution in [0.1, 0.15) is 5.82 Å². The summed E-state index contributed by atoms with van der Waals surface area (Å²) >= 11 is 9.85. The van der Waals surface area contributed by atoms with E-state index in [0.29, 0.717) is 16.6 Å². The van der Waals surface area contributed by atoms with E-state index in [1.807, 2.05) is 0 Å². The van der Waals surface area contributed by atoms with Crippen LogP contribution in [0.4, 0.5) is 0 Å². The van der Waals surface area contributed by atoms with Crippen LogP contribution in [-0.4, -0.2) is 14.6 Å². The van der Waals surface area contributed by atoms with Gasteiger partial charge in [0.15, 0.2) is 11.5 Å². The van der Waals surface area contributed by atoms with Gasteiger partial charge < -0.3 is 0 Å². The van der Waals surface area contributed by atoms with E-state index in [2.05, 4.69) is 22.7 Å². The van der Waals surface area contributed by atoms with Gasteiger partial charge in [0, 0.05) is 17.3 Å². The topological polar surface area (TPSA) is 30.2 Å². The Morgan fingerprint density at radius 3 is 3.17 bits per heavy atom. The standard InChI is InChI=1S/C7H6ClN3S/c8-5-1-2-11-7(3-5)9-6(4-12)10-11/h1-3,12H,4H2. The fourth-order valence-corrected chi connectivity index (χ4v) is 1.26. The Kier molecular flexibility index (Phi) is 1.94. The minimum absolute atomic E-state index is 0.541. The maximum atomic E-state index is 5.77. The van der Waals surface area contributed by atoms with E-state index in [-0.39, 0.29) is 0 Å². The number of hydrogen-bond donors (Lipinski definition) is 1. The largest absolute Gasteiger partial charge is 0.221 e. The molecule has 0 amide bonds. The summed E-state index contributed by atoms with van der Waals surface area (Å²) in [7, 11) is 0. The lowest BCUT2D eigenvalue weighted by atomic mass is 10.5. The minimum atomic E-state index is 0.541. The first-order chi connectivity index (χ1) is 5.79. The van der Waals surface area contributed by atoms with Crippen LogP contribution < -0.4 is 0 Å². The summed E-state index contributed by atoms with van der Waals surface area (Å²) in [6, 6.07) is 3.53. The fraction of sp³-hybridized carbons (Fsp3) is 0.143. The molecule has 0 saturated heterocycles. The highest BCUT2D eigenvalue weighted by atomic mass is 35.5. The normalized spacial score (nSPS) is 10.8. The van der Waals surface area contributed by atoms with E-state index in [0.717, 1.165) is 5.65 Å². The molecule has 2 aromatic heterocycles. The lowest BCUT2D eigenvalue weighted by molar-refractivity contribution is 0.925. The van der Waals surface area contributed by atoms with E-state index >= 15 is 0 Å². The van der Waals surface area contributed by atoms with Crippen molar-refractivity contribution in [3.05, 3.63) is 29.2 Å². The van der Waals surface area contributed by atoms with Gasteiger partial charge in [-0.3, -0.25) is 0 Å².